The zero-order chi connectivity index (χ0) is 18.9. The van der Waals surface area contributed by atoms with Gasteiger partial charge in [0.15, 0.2) is 5.17 Å². The van der Waals surface area contributed by atoms with Crippen molar-refractivity contribution in [2.45, 2.75) is 4.90 Å². The van der Waals surface area contributed by atoms with E-state index >= 15 is 0 Å². The van der Waals surface area contributed by atoms with E-state index in [-0.39, 0.29) is 10.8 Å². The van der Waals surface area contributed by atoms with Gasteiger partial charge in [0.1, 0.15) is 0 Å². The van der Waals surface area contributed by atoms with Gasteiger partial charge in [-0.2, -0.15) is 0 Å². The number of amides is 1. The normalized spacial score (nSPS) is 18.1. The molecule has 9 heteroatoms. The number of nitrogens with two attached hydrogens (primary N) is 1. The number of sulfonamides is 1. The first-order chi connectivity index (χ1) is 12.2. The maximum Gasteiger partial charge on any atom is 0.266 e. The largest absolute Gasteiger partial charge is 0.290 e. The number of carbonyl (C=O) groups is 1. The Morgan fingerprint density at radius 1 is 1.12 bits per heavy atom. The number of hydrogen-bond donors (Lipinski definition) is 1. The molecule has 0 bridgehead atoms. The first-order valence-electron chi connectivity index (χ1n) is 7.39. The van der Waals surface area contributed by atoms with Crippen LogP contribution in [-0.2, 0) is 14.8 Å². The van der Waals surface area contributed by atoms with Crippen molar-refractivity contribution in [3.8, 4) is 0 Å². The molecule has 26 heavy (non-hydrogen) atoms. The molecule has 134 valence electrons. The lowest BCUT2D eigenvalue weighted by atomic mass is 10.2. The number of carbonyl (C=O) groups excluding carboxylic acids is 1. The molecule has 1 amide bonds. The second-order valence-electron chi connectivity index (χ2n) is 5.46. The Labute approximate surface area is 160 Å². The number of rotatable bonds is 3. The summed E-state index contributed by atoms with van der Waals surface area (Å²) in [5.41, 5.74) is 1.38. The lowest BCUT2D eigenvalue weighted by Gasteiger charge is -2.07. The van der Waals surface area contributed by atoms with E-state index in [1.807, 2.05) is 12.1 Å². The third-order valence-electron chi connectivity index (χ3n) is 3.56. The summed E-state index contributed by atoms with van der Waals surface area (Å²) in [5, 5.41) is 6.20. The van der Waals surface area contributed by atoms with Crippen LogP contribution in [0.4, 0.5) is 5.69 Å². The van der Waals surface area contributed by atoms with Crippen LogP contribution in [0, 0.1) is 0 Å². The highest BCUT2D eigenvalue weighted by molar-refractivity contribution is 8.18. The smallest absolute Gasteiger partial charge is 0.266 e. The van der Waals surface area contributed by atoms with Crippen molar-refractivity contribution < 1.29 is 13.2 Å². The van der Waals surface area contributed by atoms with Gasteiger partial charge in [-0.05, 0) is 59.8 Å². The average Bonchev–Trinajstić information content (AvgIpc) is 2.85. The summed E-state index contributed by atoms with van der Waals surface area (Å²) in [6.07, 6.45) is 1.77. The quantitative estimate of drug-likeness (QED) is 0.790. The van der Waals surface area contributed by atoms with Gasteiger partial charge in [-0.25, -0.2) is 18.5 Å². The van der Waals surface area contributed by atoms with E-state index in [1.54, 1.807) is 25.3 Å². The zero-order valence-corrected chi connectivity index (χ0v) is 16.0. The van der Waals surface area contributed by atoms with E-state index in [1.165, 1.54) is 40.9 Å². The monoisotopic (exact) mass is 407 g/mol. The summed E-state index contributed by atoms with van der Waals surface area (Å²) >= 11 is 7.11. The second-order valence-corrected chi connectivity index (χ2v) is 8.47. The fraction of sp³-hybridized carbons (Fsp3) is 0.0588. The molecule has 2 aromatic rings. The fourth-order valence-corrected chi connectivity index (χ4v) is 3.81. The number of amidine groups is 1. The van der Waals surface area contributed by atoms with E-state index in [0.717, 1.165) is 5.56 Å². The van der Waals surface area contributed by atoms with E-state index in [0.29, 0.717) is 20.8 Å². The van der Waals surface area contributed by atoms with Crippen LogP contribution in [0.15, 0.2) is 63.3 Å². The van der Waals surface area contributed by atoms with Crippen molar-refractivity contribution in [3.05, 3.63) is 64.0 Å². The number of thioether (sulfide) groups is 1. The number of halogens is 1. The van der Waals surface area contributed by atoms with Crippen molar-refractivity contribution in [1.82, 2.24) is 4.90 Å². The summed E-state index contributed by atoms with van der Waals surface area (Å²) in [7, 11) is -2.12. The second kappa shape index (κ2) is 7.24. The van der Waals surface area contributed by atoms with Gasteiger partial charge in [0.2, 0.25) is 10.0 Å². The Morgan fingerprint density at radius 3 is 2.31 bits per heavy atom. The van der Waals surface area contributed by atoms with Crippen LogP contribution in [0.3, 0.4) is 0 Å². The van der Waals surface area contributed by atoms with Crippen LogP contribution < -0.4 is 5.14 Å². The Hall–Kier alpha value is -2.13. The highest BCUT2D eigenvalue weighted by Gasteiger charge is 2.30. The summed E-state index contributed by atoms with van der Waals surface area (Å²) < 4.78 is 22.6. The van der Waals surface area contributed by atoms with E-state index in [2.05, 4.69) is 4.99 Å². The van der Waals surface area contributed by atoms with Gasteiger partial charge in [0.05, 0.1) is 15.5 Å². The maximum atomic E-state index is 12.4. The molecule has 0 atom stereocenters. The van der Waals surface area contributed by atoms with Crippen LogP contribution >= 0.6 is 23.4 Å². The van der Waals surface area contributed by atoms with E-state index in [9.17, 15) is 13.2 Å². The molecule has 0 aromatic heterocycles. The Balaban J connectivity index is 1.86. The molecule has 6 nitrogen and oxygen atoms in total. The molecule has 1 aliphatic rings. The molecule has 2 N–H and O–H groups in total. The van der Waals surface area contributed by atoms with Crippen LogP contribution in [-0.4, -0.2) is 31.4 Å². The van der Waals surface area contributed by atoms with Crippen LogP contribution in [0.2, 0.25) is 5.02 Å². The summed E-state index contributed by atoms with van der Waals surface area (Å²) in [4.78, 5) is 18.8. The molecule has 1 saturated heterocycles. The molecule has 0 aliphatic carbocycles. The molecule has 0 radical (unpaired) electrons. The number of hydrogen-bond acceptors (Lipinski definition) is 5. The predicted molar refractivity (Wildman–Crippen MR) is 105 cm³/mol. The van der Waals surface area contributed by atoms with Crippen LogP contribution in [0.1, 0.15) is 5.56 Å². The zero-order valence-electron chi connectivity index (χ0n) is 13.6. The summed E-state index contributed by atoms with van der Waals surface area (Å²) in [6, 6.07) is 13.0. The first kappa shape index (κ1) is 18.7. The van der Waals surface area contributed by atoms with Gasteiger partial charge in [0, 0.05) is 12.1 Å². The van der Waals surface area contributed by atoms with Crippen molar-refractivity contribution in [2.24, 2.45) is 10.1 Å². The molecule has 2 aromatic carbocycles. The SMILES string of the molecule is CN1C(=O)/C(=C\c2ccc(Cl)cc2)SC1=Nc1ccc(S(N)(=O)=O)cc1. The summed E-state index contributed by atoms with van der Waals surface area (Å²) in [5.74, 6) is -0.162. The highest BCUT2D eigenvalue weighted by Crippen LogP contribution is 2.33. The number of nitrogens with zero attached hydrogens (tertiary/aromatic N) is 2. The maximum absolute atomic E-state index is 12.4. The Kier molecular flexibility index (Phi) is 5.19. The van der Waals surface area contributed by atoms with Gasteiger partial charge in [-0.15, -0.1) is 0 Å². The molecule has 3 rings (SSSR count). The minimum atomic E-state index is -3.75. The minimum absolute atomic E-state index is 0.00767. The van der Waals surface area contributed by atoms with Gasteiger partial charge >= 0.3 is 0 Å². The lowest BCUT2D eigenvalue weighted by molar-refractivity contribution is -0.121. The number of aliphatic imine (C=N–C) groups is 1. The molecular formula is C17H14ClN3O3S2. The topological polar surface area (TPSA) is 92.8 Å². The predicted octanol–water partition coefficient (Wildman–Crippen LogP) is 3.22. The third kappa shape index (κ3) is 4.16. The Bertz CT molecular complexity index is 1010. The molecular weight excluding hydrogens is 394 g/mol. The molecule has 1 fully saturated rings. The lowest BCUT2D eigenvalue weighted by Crippen LogP contribution is -2.23. The van der Waals surface area contributed by atoms with Gasteiger partial charge in [-0.3, -0.25) is 9.69 Å². The Morgan fingerprint density at radius 2 is 1.73 bits per heavy atom. The molecule has 0 spiro atoms. The van der Waals surface area contributed by atoms with Crippen molar-refractivity contribution in [3.63, 3.8) is 0 Å². The van der Waals surface area contributed by atoms with E-state index in [4.69, 9.17) is 16.7 Å². The van der Waals surface area contributed by atoms with E-state index < -0.39 is 10.0 Å². The minimum Gasteiger partial charge on any atom is -0.290 e. The molecule has 1 heterocycles. The molecule has 1 aliphatic heterocycles. The highest BCUT2D eigenvalue weighted by atomic mass is 35.5. The third-order valence-corrected chi connectivity index (χ3v) is 5.80. The number of primary sulfonamides is 1. The van der Waals surface area contributed by atoms with Crippen LogP contribution in [0.5, 0.6) is 0 Å². The van der Waals surface area contributed by atoms with Gasteiger partial charge in [0.25, 0.3) is 5.91 Å². The molecule has 0 saturated carbocycles. The fourth-order valence-electron chi connectivity index (χ4n) is 2.18. The average molecular weight is 408 g/mol. The first-order valence-corrected chi connectivity index (χ1v) is 10.1. The number of benzene rings is 2. The van der Waals surface area contributed by atoms with Gasteiger partial charge < -0.3 is 0 Å². The van der Waals surface area contributed by atoms with Crippen molar-refractivity contribution in [1.29, 1.82) is 0 Å². The van der Waals surface area contributed by atoms with Crippen molar-refractivity contribution >= 4 is 56.2 Å². The molecule has 0 unspecified atom stereocenters. The standard InChI is InChI=1S/C17H14ClN3O3S2/c1-21-16(22)15(10-11-2-4-12(18)5-3-11)25-17(21)20-13-6-8-14(9-7-13)26(19,23)24/h2-10H,1H3,(H2,19,23,24)/b15-10+,20-17?. The number of likely N-dealkylation sites (N-methyl/N-ethyl adjacent to an activating group) is 1. The summed E-state index contributed by atoms with van der Waals surface area (Å²) in [6.45, 7) is 0. The van der Waals surface area contributed by atoms with Gasteiger partial charge in [-0.1, -0.05) is 23.7 Å². The van der Waals surface area contributed by atoms with Crippen molar-refractivity contribution in [2.75, 3.05) is 7.05 Å². The van der Waals surface area contributed by atoms with Crippen LogP contribution in [0.25, 0.3) is 6.08 Å².